The highest BCUT2D eigenvalue weighted by Gasteiger charge is 2.15. The summed E-state index contributed by atoms with van der Waals surface area (Å²) in [7, 11) is 0. The van der Waals surface area contributed by atoms with Gasteiger partial charge in [-0.1, -0.05) is 39.8 Å². The molecule has 0 aliphatic heterocycles. The Balaban J connectivity index is 4.86. The van der Waals surface area contributed by atoms with Crippen LogP contribution in [0.5, 0.6) is 0 Å². The van der Waals surface area contributed by atoms with Crippen molar-refractivity contribution >= 4 is 5.71 Å². The quantitative estimate of drug-likeness (QED) is 0.581. The fraction of sp³-hybridized carbons (Fsp3) is 0.583. The first-order valence-electron chi connectivity index (χ1n) is 4.78. The molecule has 0 bridgehead atoms. The smallest absolute Gasteiger partial charge is 0.0456 e. The van der Waals surface area contributed by atoms with E-state index in [0.717, 1.165) is 12.1 Å². The maximum Gasteiger partial charge on any atom is 0.0456 e. The Labute approximate surface area is 82.3 Å². The molecule has 0 aromatic heterocycles. The summed E-state index contributed by atoms with van der Waals surface area (Å²) < 4.78 is 0. The molecule has 0 saturated heterocycles. The van der Waals surface area contributed by atoms with Crippen LogP contribution in [0, 0.1) is 5.41 Å². The lowest BCUT2D eigenvalue weighted by atomic mass is 9.88. The summed E-state index contributed by atoms with van der Waals surface area (Å²) in [6.45, 7) is 14.4. The van der Waals surface area contributed by atoms with Crippen molar-refractivity contribution in [2.24, 2.45) is 10.4 Å². The molecule has 0 unspecified atom stereocenters. The minimum atomic E-state index is 0.102. The third-order valence-electron chi connectivity index (χ3n) is 1.94. The second-order valence-corrected chi connectivity index (χ2v) is 4.29. The molecule has 1 heteroatoms. The van der Waals surface area contributed by atoms with E-state index in [1.807, 2.05) is 0 Å². The van der Waals surface area contributed by atoms with Crippen LogP contribution in [0.2, 0.25) is 0 Å². The maximum atomic E-state index is 4.29. The Bertz CT molecular complexity index is 226. The Morgan fingerprint density at radius 1 is 1.38 bits per heavy atom. The zero-order chi connectivity index (χ0) is 10.5. The molecule has 74 valence electrons. The molecule has 0 radical (unpaired) electrons. The monoisotopic (exact) mass is 179 g/mol. The van der Waals surface area contributed by atoms with E-state index in [1.54, 1.807) is 6.20 Å². The van der Waals surface area contributed by atoms with Crippen molar-refractivity contribution < 1.29 is 0 Å². The summed E-state index contributed by atoms with van der Waals surface area (Å²) >= 11 is 0. The molecule has 0 heterocycles. The van der Waals surface area contributed by atoms with Crippen molar-refractivity contribution in [1.82, 2.24) is 0 Å². The third-order valence-corrected chi connectivity index (χ3v) is 1.94. The number of nitrogens with zero attached hydrogens (tertiary/aromatic N) is 1. The van der Waals surface area contributed by atoms with E-state index in [9.17, 15) is 0 Å². The molecule has 0 rings (SSSR count). The predicted molar refractivity (Wildman–Crippen MR) is 61.1 cm³/mol. The first kappa shape index (κ1) is 12.2. The molecule has 0 spiro atoms. The molecular formula is C12H21N. The number of aliphatic imine (C=N–C) groups is 1. The van der Waals surface area contributed by atoms with Crippen LogP contribution in [0.1, 0.15) is 41.0 Å². The SMILES string of the molecule is C=C/N=C(\C=C(/C)CC)C(C)(C)C. The van der Waals surface area contributed by atoms with E-state index in [2.05, 4.69) is 52.3 Å². The van der Waals surface area contributed by atoms with Gasteiger partial charge < -0.3 is 0 Å². The van der Waals surface area contributed by atoms with Crippen molar-refractivity contribution in [3.05, 3.63) is 24.4 Å². The van der Waals surface area contributed by atoms with Crippen LogP contribution in [0.4, 0.5) is 0 Å². The Morgan fingerprint density at radius 3 is 2.23 bits per heavy atom. The minimum absolute atomic E-state index is 0.102. The van der Waals surface area contributed by atoms with Gasteiger partial charge in [-0.3, -0.25) is 4.99 Å². The highest BCUT2D eigenvalue weighted by molar-refractivity contribution is 5.99. The van der Waals surface area contributed by atoms with Crippen molar-refractivity contribution in [3.8, 4) is 0 Å². The van der Waals surface area contributed by atoms with Gasteiger partial charge in [0, 0.05) is 17.3 Å². The van der Waals surface area contributed by atoms with Gasteiger partial charge in [0.05, 0.1) is 0 Å². The van der Waals surface area contributed by atoms with Gasteiger partial charge in [-0.15, -0.1) is 0 Å². The average molecular weight is 179 g/mol. The normalized spacial score (nSPS) is 14.5. The summed E-state index contributed by atoms with van der Waals surface area (Å²) in [5, 5.41) is 0. The van der Waals surface area contributed by atoms with E-state index >= 15 is 0 Å². The van der Waals surface area contributed by atoms with Gasteiger partial charge in [0.1, 0.15) is 0 Å². The van der Waals surface area contributed by atoms with Crippen molar-refractivity contribution in [2.45, 2.75) is 41.0 Å². The Morgan fingerprint density at radius 2 is 1.92 bits per heavy atom. The number of rotatable bonds is 3. The lowest BCUT2D eigenvalue weighted by Gasteiger charge is -2.18. The summed E-state index contributed by atoms with van der Waals surface area (Å²) in [6.07, 6.45) is 4.84. The number of hydrogen-bond donors (Lipinski definition) is 0. The molecule has 0 atom stereocenters. The Kier molecular flexibility index (Phi) is 4.68. The molecule has 0 amide bonds. The van der Waals surface area contributed by atoms with Crippen molar-refractivity contribution in [2.75, 3.05) is 0 Å². The lowest BCUT2D eigenvalue weighted by molar-refractivity contribution is 0.593. The van der Waals surface area contributed by atoms with Crippen LogP contribution in [0.15, 0.2) is 29.4 Å². The van der Waals surface area contributed by atoms with Gasteiger partial charge >= 0.3 is 0 Å². The second kappa shape index (κ2) is 5.00. The first-order chi connectivity index (χ1) is 5.91. The predicted octanol–water partition coefficient (Wildman–Crippen LogP) is 3.97. The van der Waals surface area contributed by atoms with Crippen LogP contribution in [0.3, 0.4) is 0 Å². The fourth-order valence-electron chi connectivity index (χ4n) is 0.881. The van der Waals surface area contributed by atoms with Gasteiger partial charge in [-0.25, -0.2) is 0 Å². The second-order valence-electron chi connectivity index (χ2n) is 4.29. The first-order valence-corrected chi connectivity index (χ1v) is 4.78. The molecule has 0 fully saturated rings. The molecule has 0 aromatic rings. The standard InChI is InChI=1S/C12H21N/c1-7-10(3)9-11(13-8-2)12(4,5)6/h8-9H,2,7H2,1,3-6H3/b10-9+,13-11+. The van der Waals surface area contributed by atoms with E-state index in [-0.39, 0.29) is 5.41 Å². The molecule has 0 saturated carbocycles. The Hall–Kier alpha value is -0.850. The molecule has 0 N–H and O–H groups in total. The van der Waals surface area contributed by atoms with E-state index < -0.39 is 0 Å². The topological polar surface area (TPSA) is 12.4 Å². The van der Waals surface area contributed by atoms with Crippen LogP contribution in [-0.4, -0.2) is 5.71 Å². The van der Waals surface area contributed by atoms with Gasteiger partial charge in [0.15, 0.2) is 0 Å². The van der Waals surface area contributed by atoms with Crippen LogP contribution in [0.25, 0.3) is 0 Å². The number of allylic oxidation sites excluding steroid dienone is 2. The van der Waals surface area contributed by atoms with Crippen molar-refractivity contribution in [1.29, 1.82) is 0 Å². The van der Waals surface area contributed by atoms with E-state index in [0.29, 0.717) is 0 Å². The number of hydrogen-bond acceptors (Lipinski definition) is 1. The third kappa shape index (κ3) is 4.66. The van der Waals surface area contributed by atoms with Crippen molar-refractivity contribution in [3.63, 3.8) is 0 Å². The van der Waals surface area contributed by atoms with E-state index in [1.165, 1.54) is 5.57 Å². The van der Waals surface area contributed by atoms with Gasteiger partial charge in [0.25, 0.3) is 0 Å². The molecule has 1 nitrogen and oxygen atoms in total. The average Bonchev–Trinajstić information content (AvgIpc) is 2.01. The summed E-state index contributed by atoms with van der Waals surface area (Å²) in [5.41, 5.74) is 2.56. The highest BCUT2D eigenvalue weighted by Crippen LogP contribution is 2.18. The molecular weight excluding hydrogens is 158 g/mol. The molecule has 0 aliphatic rings. The van der Waals surface area contributed by atoms with Crippen LogP contribution < -0.4 is 0 Å². The van der Waals surface area contributed by atoms with E-state index in [4.69, 9.17) is 0 Å². The largest absolute Gasteiger partial charge is 0.261 e. The summed E-state index contributed by atoms with van der Waals surface area (Å²) in [4.78, 5) is 4.29. The fourth-order valence-corrected chi connectivity index (χ4v) is 0.881. The van der Waals surface area contributed by atoms with Crippen LogP contribution >= 0.6 is 0 Å². The molecule has 13 heavy (non-hydrogen) atoms. The van der Waals surface area contributed by atoms with Gasteiger partial charge in [-0.2, -0.15) is 0 Å². The molecule has 0 aromatic carbocycles. The zero-order valence-electron chi connectivity index (χ0n) is 9.52. The highest BCUT2D eigenvalue weighted by atomic mass is 14.7. The van der Waals surface area contributed by atoms with Gasteiger partial charge in [0.2, 0.25) is 0 Å². The summed E-state index contributed by atoms with van der Waals surface area (Å²) in [6, 6.07) is 0. The lowest BCUT2D eigenvalue weighted by Crippen LogP contribution is -2.18. The maximum absolute atomic E-state index is 4.29. The summed E-state index contributed by atoms with van der Waals surface area (Å²) in [5.74, 6) is 0. The van der Waals surface area contributed by atoms with Crippen LogP contribution in [-0.2, 0) is 0 Å². The molecule has 0 aliphatic carbocycles. The minimum Gasteiger partial charge on any atom is -0.261 e. The zero-order valence-corrected chi connectivity index (χ0v) is 9.52. The van der Waals surface area contributed by atoms with Gasteiger partial charge in [-0.05, 0) is 19.4 Å².